The van der Waals surface area contributed by atoms with E-state index in [-0.39, 0.29) is 30.4 Å². The molecule has 1 spiro atoms. The van der Waals surface area contributed by atoms with Crippen molar-refractivity contribution < 1.29 is 19.5 Å². The van der Waals surface area contributed by atoms with Gasteiger partial charge in [0.05, 0.1) is 16.6 Å². The van der Waals surface area contributed by atoms with Gasteiger partial charge in [0.2, 0.25) is 17.7 Å². The van der Waals surface area contributed by atoms with Crippen LogP contribution in [0.2, 0.25) is 0 Å². The third-order valence-electron chi connectivity index (χ3n) is 9.23. The number of likely N-dealkylation sites (tertiary alicyclic amines) is 1. The van der Waals surface area contributed by atoms with Crippen LogP contribution in [0.3, 0.4) is 0 Å². The SMILES string of the molecule is C[C@]12C=CCN(c3ccccc3)C(=O)[C@H]1[C@H]1C(=O)N(CCCO)C3C(=O)N(C4CCCCC4)CC=C[C@@]31S2. The minimum Gasteiger partial charge on any atom is -0.396 e. The van der Waals surface area contributed by atoms with Gasteiger partial charge >= 0.3 is 0 Å². The fraction of sp³-hybridized carbons (Fsp3) is 0.567. The van der Waals surface area contributed by atoms with Crippen LogP contribution < -0.4 is 4.90 Å². The molecule has 4 heterocycles. The van der Waals surface area contributed by atoms with E-state index in [1.807, 2.05) is 41.3 Å². The molecule has 1 unspecified atom stereocenters. The lowest BCUT2D eigenvalue weighted by atomic mass is 9.74. The summed E-state index contributed by atoms with van der Waals surface area (Å²) in [5, 5.41) is 9.63. The minimum atomic E-state index is -0.827. The Hall–Kier alpha value is -2.58. The molecule has 4 aliphatic heterocycles. The second-order valence-corrected chi connectivity index (χ2v) is 13.3. The number of amides is 3. The quantitative estimate of drug-likeness (QED) is 0.585. The number of fused-ring (bicyclic) bond motifs is 2. The number of anilines is 1. The Morgan fingerprint density at radius 2 is 1.66 bits per heavy atom. The Morgan fingerprint density at radius 3 is 2.39 bits per heavy atom. The second-order valence-electron chi connectivity index (χ2n) is 11.5. The van der Waals surface area contributed by atoms with Crippen LogP contribution in [-0.2, 0) is 14.4 Å². The normalized spacial score (nSPS) is 35.3. The molecular formula is C30H37N3O4S. The maximum atomic E-state index is 14.4. The lowest BCUT2D eigenvalue weighted by Crippen LogP contribution is -2.55. The van der Waals surface area contributed by atoms with Crippen LogP contribution >= 0.6 is 11.8 Å². The van der Waals surface area contributed by atoms with Crippen molar-refractivity contribution in [2.45, 2.75) is 67.0 Å². The van der Waals surface area contributed by atoms with Gasteiger partial charge in [0.25, 0.3) is 0 Å². The fourth-order valence-electron chi connectivity index (χ4n) is 7.58. The summed E-state index contributed by atoms with van der Waals surface area (Å²) in [6.07, 6.45) is 14.1. The number of rotatable bonds is 5. The van der Waals surface area contributed by atoms with Gasteiger partial charge in [-0.05, 0) is 38.3 Å². The highest BCUT2D eigenvalue weighted by Gasteiger charge is 2.74. The van der Waals surface area contributed by atoms with E-state index in [9.17, 15) is 19.5 Å². The molecule has 1 saturated carbocycles. The zero-order valence-corrected chi connectivity index (χ0v) is 22.8. The van der Waals surface area contributed by atoms with Gasteiger partial charge in [-0.25, -0.2) is 0 Å². The first kappa shape index (κ1) is 25.7. The van der Waals surface area contributed by atoms with Gasteiger partial charge in [-0.2, -0.15) is 0 Å². The Balaban J connectivity index is 1.44. The van der Waals surface area contributed by atoms with Gasteiger partial charge in [-0.15, -0.1) is 11.8 Å². The summed E-state index contributed by atoms with van der Waals surface area (Å²) in [7, 11) is 0. The number of thioether (sulfide) groups is 1. The van der Waals surface area contributed by atoms with Crippen molar-refractivity contribution >= 4 is 35.2 Å². The molecule has 202 valence electrons. The smallest absolute Gasteiger partial charge is 0.247 e. The van der Waals surface area contributed by atoms with Crippen molar-refractivity contribution in [3.63, 3.8) is 0 Å². The molecule has 1 aliphatic carbocycles. The summed E-state index contributed by atoms with van der Waals surface area (Å²) < 4.78 is -1.45. The Morgan fingerprint density at radius 1 is 0.921 bits per heavy atom. The molecule has 5 atom stereocenters. The largest absolute Gasteiger partial charge is 0.396 e. The predicted molar refractivity (Wildman–Crippen MR) is 149 cm³/mol. The average Bonchev–Trinajstić information content (AvgIpc) is 3.19. The van der Waals surface area contributed by atoms with Gasteiger partial charge in [-0.3, -0.25) is 14.4 Å². The first-order chi connectivity index (χ1) is 18.4. The summed E-state index contributed by atoms with van der Waals surface area (Å²) in [6, 6.07) is 9.13. The molecule has 1 N–H and O–H groups in total. The number of carbonyl (C=O) groups excluding carboxylic acids is 3. The van der Waals surface area contributed by atoms with Crippen LogP contribution in [0.1, 0.15) is 45.4 Å². The molecule has 1 aromatic rings. The summed E-state index contributed by atoms with van der Waals surface area (Å²) in [4.78, 5) is 48.6. The fourth-order valence-corrected chi connectivity index (χ4v) is 9.74. The molecule has 38 heavy (non-hydrogen) atoms. The molecule has 0 radical (unpaired) electrons. The number of aliphatic hydroxyl groups is 1. The molecular weight excluding hydrogens is 498 g/mol. The Labute approximate surface area is 228 Å². The number of carbonyl (C=O) groups is 3. The lowest BCUT2D eigenvalue weighted by Gasteiger charge is -2.40. The molecule has 0 aromatic heterocycles. The highest BCUT2D eigenvalue weighted by molar-refractivity contribution is 8.02. The van der Waals surface area contributed by atoms with E-state index in [2.05, 4.69) is 25.2 Å². The van der Waals surface area contributed by atoms with E-state index < -0.39 is 27.4 Å². The number of aliphatic hydroxyl groups excluding tert-OH is 1. The zero-order chi connectivity index (χ0) is 26.5. The molecule has 7 nitrogen and oxygen atoms in total. The van der Waals surface area contributed by atoms with E-state index in [1.54, 1.807) is 21.6 Å². The maximum Gasteiger partial charge on any atom is 0.247 e. The van der Waals surface area contributed by atoms with E-state index in [1.165, 1.54) is 6.42 Å². The summed E-state index contributed by atoms with van der Waals surface area (Å²) in [5.41, 5.74) is 0.812. The van der Waals surface area contributed by atoms with Gasteiger partial charge in [-0.1, -0.05) is 61.8 Å². The maximum absolute atomic E-state index is 14.4. The summed E-state index contributed by atoms with van der Waals surface area (Å²) in [5.74, 6) is -1.44. The zero-order valence-electron chi connectivity index (χ0n) is 22.0. The van der Waals surface area contributed by atoms with Crippen LogP contribution in [0.4, 0.5) is 5.69 Å². The Bertz CT molecular complexity index is 1170. The molecule has 2 saturated heterocycles. The van der Waals surface area contributed by atoms with Crippen molar-refractivity contribution in [3.8, 4) is 0 Å². The summed E-state index contributed by atoms with van der Waals surface area (Å²) in [6.45, 7) is 3.31. The van der Waals surface area contributed by atoms with Crippen LogP contribution in [0.25, 0.3) is 0 Å². The average molecular weight is 536 g/mol. The van der Waals surface area contributed by atoms with Gasteiger partial charge < -0.3 is 19.8 Å². The minimum absolute atomic E-state index is 0.000377. The molecule has 5 aliphatic rings. The summed E-state index contributed by atoms with van der Waals surface area (Å²) >= 11 is 1.63. The van der Waals surface area contributed by atoms with E-state index in [0.717, 1.165) is 31.4 Å². The van der Waals surface area contributed by atoms with Crippen molar-refractivity contribution in [1.29, 1.82) is 0 Å². The highest BCUT2D eigenvalue weighted by Crippen LogP contribution is 2.65. The predicted octanol–water partition coefficient (Wildman–Crippen LogP) is 3.39. The standard InChI is InChI=1S/C30H37N3O4S/c1-29-15-8-17-31(21-11-4-2-5-12-21)26(35)23(29)24-27(36)33(19-10-20-34)25-28(37)32(22-13-6-3-7-14-22)18-9-16-30(24,25)38-29/h2,4-5,8-9,11-12,15-16,22-25,34H,3,6-7,10,13-14,17-20H2,1H3/t23-,24+,25?,29+,30+/m1/s1. The van der Waals surface area contributed by atoms with E-state index in [0.29, 0.717) is 26.1 Å². The lowest BCUT2D eigenvalue weighted by molar-refractivity contribution is -0.144. The molecule has 3 amide bonds. The van der Waals surface area contributed by atoms with Crippen molar-refractivity contribution in [1.82, 2.24) is 9.80 Å². The molecule has 1 aromatic carbocycles. The van der Waals surface area contributed by atoms with E-state index in [4.69, 9.17) is 0 Å². The molecule has 0 bridgehead atoms. The van der Waals surface area contributed by atoms with Crippen LogP contribution in [0.5, 0.6) is 0 Å². The number of hydrogen-bond donors (Lipinski definition) is 1. The van der Waals surface area contributed by atoms with Crippen LogP contribution in [-0.4, -0.2) is 80.4 Å². The van der Waals surface area contributed by atoms with Crippen molar-refractivity contribution in [2.75, 3.05) is 31.1 Å². The van der Waals surface area contributed by atoms with Crippen molar-refractivity contribution in [3.05, 3.63) is 54.6 Å². The number of para-hydroxylation sites is 1. The second kappa shape index (κ2) is 9.87. The first-order valence-corrected chi connectivity index (χ1v) is 14.9. The third kappa shape index (κ3) is 3.86. The Kier molecular flexibility index (Phi) is 6.67. The van der Waals surface area contributed by atoms with Gasteiger partial charge in [0, 0.05) is 42.7 Å². The molecule has 8 heteroatoms. The van der Waals surface area contributed by atoms with E-state index >= 15 is 0 Å². The first-order valence-electron chi connectivity index (χ1n) is 14.0. The topological polar surface area (TPSA) is 81.2 Å². The number of benzene rings is 1. The number of hydrogen-bond acceptors (Lipinski definition) is 5. The highest BCUT2D eigenvalue weighted by atomic mass is 32.2. The third-order valence-corrected chi connectivity index (χ3v) is 11.0. The van der Waals surface area contributed by atoms with Crippen LogP contribution in [0, 0.1) is 11.8 Å². The van der Waals surface area contributed by atoms with Crippen molar-refractivity contribution in [2.24, 2.45) is 11.8 Å². The monoisotopic (exact) mass is 535 g/mol. The van der Waals surface area contributed by atoms with Gasteiger partial charge in [0.15, 0.2) is 0 Å². The van der Waals surface area contributed by atoms with Gasteiger partial charge in [0.1, 0.15) is 6.04 Å². The molecule has 3 fully saturated rings. The van der Waals surface area contributed by atoms with Crippen LogP contribution in [0.15, 0.2) is 54.6 Å². The number of nitrogens with zero attached hydrogens (tertiary/aromatic N) is 3. The molecule has 6 rings (SSSR count).